The topological polar surface area (TPSA) is 49.4 Å². The molecule has 0 spiro atoms. The first-order valence-corrected chi connectivity index (χ1v) is 10.0. The smallest absolute Gasteiger partial charge is 0.231 e. The van der Waals surface area contributed by atoms with Crippen LogP contribution in [0.4, 0.5) is 0 Å². The molecule has 2 aromatic carbocycles. The van der Waals surface area contributed by atoms with Gasteiger partial charge in [-0.2, -0.15) is 0 Å². The zero-order chi connectivity index (χ0) is 18.7. The van der Waals surface area contributed by atoms with E-state index in [1.165, 1.54) is 18.4 Å². The van der Waals surface area contributed by atoms with Crippen LogP contribution in [-0.4, -0.2) is 37.8 Å². The molecule has 0 N–H and O–H groups in total. The molecular weight excluding hydrogens is 358 g/mol. The summed E-state index contributed by atoms with van der Waals surface area (Å²) in [4.78, 5) is 2.47. The molecule has 0 unspecified atom stereocenters. The van der Waals surface area contributed by atoms with Gasteiger partial charge < -0.3 is 23.7 Å². The van der Waals surface area contributed by atoms with Crippen LogP contribution in [0.15, 0.2) is 30.3 Å². The SMILES string of the molecule is C[C@@H]1[C@H](c2ccc3c(c2)OCO3)c2cc3c(cc2O[C@@H]1N1CCCC1)OCO3. The first-order valence-electron chi connectivity index (χ1n) is 10.0. The van der Waals surface area contributed by atoms with Gasteiger partial charge in [-0.25, -0.2) is 0 Å². The molecule has 6 heteroatoms. The van der Waals surface area contributed by atoms with Crippen LogP contribution in [-0.2, 0) is 0 Å². The van der Waals surface area contributed by atoms with Gasteiger partial charge in [-0.3, -0.25) is 4.90 Å². The van der Waals surface area contributed by atoms with Crippen molar-refractivity contribution in [3.05, 3.63) is 41.5 Å². The third-order valence-corrected chi connectivity index (χ3v) is 6.32. The molecule has 146 valence electrons. The van der Waals surface area contributed by atoms with Crippen molar-refractivity contribution in [2.75, 3.05) is 26.7 Å². The first-order chi connectivity index (χ1) is 13.8. The lowest BCUT2D eigenvalue weighted by Gasteiger charge is -2.42. The Morgan fingerprint density at radius 1 is 0.786 bits per heavy atom. The third kappa shape index (κ3) is 2.44. The van der Waals surface area contributed by atoms with E-state index in [2.05, 4.69) is 30.0 Å². The molecule has 4 heterocycles. The van der Waals surface area contributed by atoms with Crippen LogP contribution in [0.3, 0.4) is 0 Å². The van der Waals surface area contributed by atoms with E-state index in [0.717, 1.165) is 47.4 Å². The molecule has 4 aliphatic heterocycles. The van der Waals surface area contributed by atoms with Crippen LogP contribution >= 0.6 is 0 Å². The summed E-state index contributed by atoms with van der Waals surface area (Å²) < 4.78 is 28.9. The predicted octanol–water partition coefficient (Wildman–Crippen LogP) is 3.73. The number of hydrogen-bond acceptors (Lipinski definition) is 6. The summed E-state index contributed by atoms with van der Waals surface area (Å²) in [5, 5.41) is 0. The van der Waals surface area contributed by atoms with Crippen LogP contribution in [0.2, 0.25) is 0 Å². The monoisotopic (exact) mass is 381 g/mol. The standard InChI is InChI=1S/C22H23NO5/c1-13-21(14-4-5-16-18(8-14)25-11-24-16)15-9-19-20(27-12-26-19)10-17(15)28-22(13)23-6-2-3-7-23/h4-5,8-10,13,21-22H,2-3,6-7,11-12H2,1H3/t13-,21-,22+/m1/s1. The van der Waals surface area contributed by atoms with Gasteiger partial charge in [-0.1, -0.05) is 13.0 Å². The van der Waals surface area contributed by atoms with E-state index in [4.69, 9.17) is 23.7 Å². The summed E-state index contributed by atoms with van der Waals surface area (Å²) in [7, 11) is 0. The fourth-order valence-corrected chi connectivity index (χ4v) is 4.96. The first kappa shape index (κ1) is 16.4. The second-order valence-electron chi connectivity index (χ2n) is 7.94. The molecule has 0 saturated carbocycles. The number of likely N-dealkylation sites (tertiary alicyclic amines) is 1. The van der Waals surface area contributed by atoms with Crippen LogP contribution in [0.5, 0.6) is 28.7 Å². The summed E-state index contributed by atoms with van der Waals surface area (Å²) in [6.07, 6.45) is 2.51. The number of nitrogens with zero attached hydrogens (tertiary/aromatic N) is 1. The van der Waals surface area contributed by atoms with Crippen molar-refractivity contribution >= 4 is 0 Å². The molecule has 4 aliphatic rings. The van der Waals surface area contributed by atoms with Crippen molar-refractivity contribution in [2.45, 2.75) is 31.9 Å². The second-order valence-corrected chi connectivity index (χ2v) is 7.94. The Kier molecular flexibility index (Phi) is 3.63. The zero-order valence-electron chi connectivity index (χ0n) is 15.8. The van der Waals surface area contributed by atoms with Crippen molar-refractivity contribution < 1.29 is 23.7 Å². The number of ether oxygens (including phenoxy) is 5. The van der Waals surface area contributed by atoms with E-state index in [9.17, 15) is 0 Å². The molecule has 0 amide bonds. The van der Waals surface area contributed by atoms with Gasteiger partial charge >= 0.3 is 0 Å². The summed E-state index contributed by atoms with van der Waals surface area (Å²) in [6.45, 7) is 5.00. The van der Waals surface area contributed by atoms with Gasteiger partial charge in [0.25, 0.3) is 0 Å². The molecule has 0 aromatic heterocycles. The molecule has 1 saturated heterocycles. The van der Waals surface area contributed by atoms with Crippen molar-refractivity contribution in [3.8, 4) is 28.7 Å². The summed E-state index contributed by atoms with van der Waals surface area (Å²) in [6, 6.07) is 10.4. The third-order valence-electron chi connectivity index (χ3n) is 6.32. The van der Waals surface area contributed by atoms with E-state index in [1.54, 1.807) is 0 Å². The van der Waals surface area contributed by atoms with Gasteiger partial charge in [0.2, 0.25) is 13.6 Å². The number of rotatable bonds is 2. The lowest BCUT2D eigenvalue weighted by Crippen LogP contribution is -2.46. The molecule has 1 fully saturated rings. The largest absolute Gasteiger partial charge is 0.474 e. The molecule has 6 nitrogen and oxygen atoms in total. The van der Waals surface area contributed by atoms with Crippen LogP contribution in [0.25, 0.3) is 0 Å². The van der Waals surface area contributed by atoms with E-state index < -0.39 is 0 Å². The highest BCUT2D eigenvalue weighted by Gasteiger charge is 2.41. The van der Waals surface area contributed by atoms with Crippen molar-refractivity contribution in [2.24, 2.45) is 5.92 Å². The Bertz CT molecular complexity index is 923. The van der Waals surface area contributed by atoms with Crippen molar-refractivity contribution in [1.29, 1.82) is 0 Å². The predicted molar refractivity (Wildman–Crippen MR) is 101 cm³/mol. The summed E-state index contributed by atoms with van der Waals surface area (Å²) >= 11 is 0. The Balaban J connectivity index is 1.47. The Hall–Kier alpha value is -2.60. The minimum absolute atomic E-state index is 0.0470. The molecule has 0 radical (unpaired) electrons. The van der Waals surface area contributed by atoms with Gasteiger partial charge in [0.1, 0.15) is 5.75 Å². The number of hydrogen-bond donors (Lipinski definition) is 0. The van der Waals surface area contributed by atoms with E-state index in [1.807, 2.05) is 12.1 Å². The minimum atomic E-state index is 0.0470. The quantitative estimate of drug-likeness (QED) is 0.790. The number of benzene rings is 2. The normalized spacial score (nSPS) is 27.5. The molecule has 6 rings (SSSR count). The second kappa shape index (κ2) is 6.21. The van der Waals surface area contributed by atoms with Gasteiger partial charge in [0.05, 0.1) is 0 Å². The summed E-state index contributed by atoms with van der Waals surface area (Å²) in [5.74, 6) is 4.53. The van der Waals surface area contributed by atoms with Crippen molar-refractivity contribution in [1.82, 2.24) is 4.90 Å². The molecule has 2 aromatic rings. The average Bonchev–Trinajstić information content (AvgIpc) is 3.46. The Morgan fingerprint density at radius 3 is 2.25 bits per heavy atom. The maximum absolute atomic E-state index is 6.53. The zero-order valence-corrected chi connectivity index (χ0v) is 15.8. The van der Waals surface area contributed by atoms with E-state index >= 15 is 0 Å². The van der Waals surface area contributed by atoms with E-state index in [-0.39, 0.29) is 31.6 Å². The average molecular weight is 381 g/mol. The maximum Gasteiger partial charge on any atom is 0.231 e. The molecule has 3 atom stereocenters. The van der Waals surface area contributed by atoms with Crippen LogP contribution in [0.1, 0.15) is 36.8 Å². The van der Waals surface area contributed by atoms with Crippen molar-refractivity contribution in [3.63, 3.8) is 0 Å². The van der Waals surface area contributed by atoms with Gasteiger partial charge in [-0.05, 0) is 36.6 Å². The highest BCUT2D eigenvalue weighted by molar-refractivity contribution is 5.57. The van der Waals surface area contributed by atoms with Crippen LogP contribution < -0.4 is 23.7 Å². The molecule has 28 heavy (non-hydrogen) atoms. The van der Waals surface area contributed by atoms with Gasteiger partial charge in [0, 0.05) is 36.6 Å². The lowest BCUT2D eigenvalue weighted by molar-refractivity contribution is -0.0178. The fraction of sp³-hybridized carbons (Fsp3) is 0.455. The van der Waals surface area contributed by atoms with Crippen LogP contribution in [0, 0.1) is 5.92 Å². The van der Waals surface area contributed by atoms with Gasteiger partial charge in [-0.15, -0.1) is 0 Å². The number of fused-ring (bicyclic) bond motifs is 3. The summed E-state index contributed by atoms with van der Waals surface area (Å²) in [5.41, 5.74) is 2.36. The Labute approximate surface area is 163 Å². The molecule has 0 bridgehead atoms. The Morgan fingerprint density at radius 2 is 1.46 bits per heavy atom. The maximum atomic E-state index is 6.53. The minimum Gasteiger partial charge on any atom is -0.474 e. The highest BCUT2D eigenvalue weighted by atomic mass is 16.7. The molecule has 0 aliphatic carbocycles. The lowest BCUT2D eigenvalue weighted by atomic mass is 9.78. The molecular formula is C22H23NO5. The fourth-order valence-electron chi connectivity index (χ4n) is 4.96. The highest BCUT2D eigenvalue weighted by Crippen LogP contribution is 2.51. The van der Waals surface area contributed by atoms with E-state index in [0.29, 0.717) is 0 Å². The van der Waals surface area contributed by atoms with Gasteiger partial charge in [0.15, 0.2) is 29.2 Å².